The smallest absolute Gasteiger partial charge is 0.410 e. The monoisotopic (exact) mass is 251 g/mol. The first-order chi connectivity index (χ1) is 8.38. The highest BCUT2D eigenvalue weighted by Gasteiger charge is 2.53. The minimum Gasteiger partial charge on any atom is -0.444 e. The lowest BCUT2D eigenvalue weighted by atomic mass is 9.96. The van der Waals surface area contributed by atoms with Gasteiger partial charge in [-0.25, -0.2) is 4.79 Å². The molecule has 0 N–H and O–H groups in total. The summed E-state index contributed by atoms with van der Waals surface area (Å²) in [5, 5.41) is 0. The molecule has 0 bridgehead atoms. The summed E-state index contributed by atoms with van der Waals surface area (Å²) in [6, 6.07) is -0.0360. The average molecular weight is 251 g/mol. The van der Waals surface area contributed by atoms with Gasteiger partial charge < -0.3 is 9.47 Å². The zero-order valence-corrected chi connectivity index (χ0v) is 11.4. The maximum absolute atomic E-state index is 12.2. The zero-order valence-electron chi connectivity index (χ0n) is 11.4. The molecule has 0 aromatic rings. The number of hydrogen-bond acceptors (Lipinski definition) is 3. The van der Waals surface area contributed by atoms with Crippen molar-refractivity contribution < 1.29 is 14.3 Å². The first kappa shape index (κ1) is 13.2. The summed E-state index contributed by atoms with van der Waals surface area (Å²) in [4.78, 5) is 13.9. The second-order valence-corrected chi connectivity index (χ2v) is 6.06. The first-order valence-electron chi connectivity index (χ1n) is 6.43. The van der Waals surface area contributed by atoms with Crippen LogP contribution in [0.15, 0.2) is 0 Å². The van der Waals surface area contributed by atoms with Gasteiger partial charge in [0.05, 0.1) is 24.7 Å². The highest BCUT2D eigenvalue weighted by molar-refractivity contribution is 5.69. The van der Waals surface area contributed by atoms with E-state index in [9.17, 15) is 4.79 Å². The quantitative estimate of drug-likeness (QED) is 0.669. The van der Waals surface area contributed by atoms with Crippen LogP contribution in [0, 0.1) is 17.8 Å². The fourth-order valence-corrected chi connectivity index (χ4v) is 2.31. The van der Waals surface area contributed by atoms with Crippen molar-refractivity contribution in [2.45, 2.75) is 45.3 Å². The van der Waals surface area contributed by atoms with Crippen LogP contribution in [0.2, 0.25) is 0 Å². The number of ether oxygens (including phenoxy) is 2. The highest BCUT2D eigenvalue weighted by atomic mass is 16.6. The molecule has 1 saturated carbocycles. The largest absolute Gasteiger partial charge is 0.444 e. The molecule has 1 heterocycles. The van der Waals surface area contributed by atoms with Crippen LogP contribution in [0.1, 0.15) is 33.6 Å². The van der Waals surface area contributed by atoms with Crippen molar-refractivity contribution in [3.8, 4) is 12.3 Å². The van der Waals surface area contributed by atoms with Crippen molar-refractivity contribution in [2.75, 3.05) is 19.8 Å². The van der Waals surface area contributed by atoms with Crippen molar-refractivity contribution >= 4 is 6.09 Å². The molecule has 1 saturated heterocycles. The van der Waals surface area contributed by atoms with Crippen LogP contribution in [-0.2, 0) is 9.47 Å². The van der Waals surface area contributed by atoms with Crippen molar-refractivity contribution in [1.82, 2.24) is 4.90 Å². The molecule has 100 valence electrons. The molecule has 0 aromatic carbocycles. The van der Waals surface area contributed by atoms with Crippen LogP contribution in [-0.4, -0.2) is 42.4 Å². The van der Waals surface area contributed by atoms with Crippen LogP contribution in [0.25, 0.3) is 0 Å². The van der Waals surface area contributed by atoms with E-state index in [1.165, 1.54) is 0 Å². The normalized spacial score (nSPS) is 26.3. The summed E-state index contributed by atoms with van der Waals surface area (Å²) in [6.45, 7) is 7.24. The van der Waals surface area contributed by atoms with Gasteiger partial charge in [0.15, 0.2) is 0 Å². The molecule has 0 spiro atoms. The molecule has 1 aliphatic heterocycles. The number of amides is 1. The molecule has 4 nitrogen and oxygen atoms in total. The number of morpholine rings is 1. The Morgan fingerprint density at radius 2 is 2.17 bits per heavy atom. The van der Waals surface area contributed by atoms with E-state index in [-0.39, 0.29) is 17.6 Å². The van der Waals surface area contributed by atoms with Gasteiger partial charge in [-0.2, -0.15) is 0 Å². The summed E-state index contributed by atoms with van der Waals surface area (Å²) >= 11 is 0. The molecule has 0 radical (unpaired) electrons. The minimum absolute atomic E-state index is 0.0360. The number of carbonyl (C=O) groups is 1. The Bertz CT molecular complexity index is 373. The molecular formula is C14H21NO3. The summed E-state index contributed by atoms with van der Waals surface area (Å²) in [7, 11) is 0. The van der Waals surface area contributed by atoms with Gasteiger partial charge in [0.2, 0.25) is 0 Å². The Morgan fingerprint density at radius 3 is 2.67 bits per heavy atom. The molecule has 2 aliphatic rings. The summed E-state index contributed by atoms with van der Waals surface area (Å²) < 4.78 is 10.9. The third kappa shape index (κ3) is 2.62. The molecule has 1 atom stereocenters. The third-order valence-corrected chi connectivity index (χ3v) is 3.47. The fraction of sp³-hybridized carbons (Fsp3) is 0.786. The molecule has 1 unspecified atom stereocenters. The maximum atomic E-state index is 12.2. The van der Waals surface area contributed by atoms with E-state index >= 15 is 0 Å². The Kier molecular flexibility index (Phi) is 3.29. The second-order valence-electron chi connectivity index (χ2n) is 6.06. The SMILES string of the molecule is C#CC1(C2COCCN2C(=O)OC(C)(C)C)CC1. The van der Waals surface area contributed by atoms with Crippen LogP contribution in [0.4, 0.5) is 4.79 Å². The average Bonchev–Trinajstić information content (AvgIpc) is 3.07. The summed E-state index contributed by atoms with van der Waals surface area (Å²) in [5.74, 6) is 2.84. The lowest BCUT2D eigenvalue weighted by Gasteiger charge is -2.39. The van der Waals surface area contributed by atoms with Gasteiger partial charge in [-0.05, 0) is 33.6 Å². The third-order valence-electron chi connectivity index (χ3n) is 3.47. The number of nitrogens with zero attached hydrogens (tertiary/aromatic N) is 1. The topological polar surface area (TPSA) is 38.8 Å². The predicted molar refractivity (Wildman–Crippen MR) is 68.0 cm³/mol. The number of rotatable bonds is 1. The van der Waals surface area contributed by atoms with Crippen molar-refractivity contribution in [2.24, 2.45) is 5.41 Å². The van der Waals surface area contributed by atoms with Crippen molar-refractivity contribution in [3.05, 3.63) is 0 Å². The lowest BCUT2D eigenvalue weighted by molar-refractivity contribution is -0.0440. The van der Waals surface area contributed by atoms with Gasteiger partial charge >= 0.3 is 6.09 Å². The molecule has 2 fully saturated rings. The van der Waals surface area contributed by atoms with Crippen molar-refractivity contribution in [3.63, 3.8) is 0 Å². The van der Waals surface area contributed by atoms with Gasteiger partial charge in [0, 0.05) is 6.54 Å². The van der Waals surface area contributed by atoms with E-state index in [0.29, 0.717) is 19.8 Å². The van der Waals surface area contributed by atoms with E-state index in [1.54, 1.807) is 4.90 Å². The summed E-state index contributed by atoms with van der Waals surface area (Å²) in [5.41, 5.74) is -0.663. The molecule has 1 amide bonds. The van der Waals surface area contributed by atoms with Crippen molar-refractivity contribution in [1.29, 1.82) is 0 Å². The number of terminal acetylenes is 1. The Morgan fingerprint density at radius 1 is 1.50 bits per heavy atom. The van der Waals surface area contributed by atoms with Gasteiger partial charge in [-0.1, -0.05) is 5.92 Å². The number of carbonyl (C=O) groups excluding carboxylic acids is 1. The fourth-order valence-electron chi connectivity index (χ4n) is 2.31. The molecule has 18 heavy (non-hydrogen) atoms. The standard InChI is InChI=1S/C14H21NO3/c1-5-14(6-7-14)11-10-17-9-8-15(11)12(16)18-13(2,3)4/h1,11H,6-10H2,2-4H3. The van der Waals surface area contributed by atoms with E-state index in [2.05, 4.69) is 5.92 Å². The minimum atomic E-state index is -0.479. The van der Waals surface area contributed by atoms with E-state index in [0.717, 1.165) is 12.8 Å². The van der Waals surface area contributed by atoms with Crippen LogP contribution in [0.5, 0.6) is 0 Å². The first-order valence-corrected chi connectivity index (χ1v) is 6.43. The van der Waals surface area contributed by atoms with Gasteiger partial charge in [-0.15, -0.1) is 6.42 Å². The molecule has 4 heteroatoms. The summed E-state index contributed by atoms with van der Waals surface area (Å²) in [6.07, 6.45) is 7.26. The molecule has 2 rings (SSSR count). The zero-order chi connectivity index (χ0) is 13.4. The second kappa shape index (κ2) is 4.47. The van der Waals surface area contributed by atoms with Crippen LogP contribution >= 0.6 is 0 Å². The van der Waals surface area contributed by atoms with E-state index in [4.69, 9.17) is 15.9 Å². The van der Waals surface area contributed by atoms with Gasteiger partial charge in [0.25, 0.3) is 0 Å². The van der Waals surface area contributed by atoms with Crippen LogP contribution < -0.4 is 0 Å². The van der Waals surface area contributed by atoms with E-state index < -0.39 is 5.60 Å². The predicted octanol–water partition coefficient (Wildman–Crippen LogP) is 2.04. The van der Waals surface area contributed by atoms with E-state index in [1.807, 2.05) is 20.8 Å². The van der Waals surface area contributed by atoms with Crippen LogP contribution in [0.3, 0.4) is 0 Å². The molecule has 0 aromatic heterocycles. The maximum Gasteiger partial charge on any atom is 0.410 e. The Hall–Kier alpha value is -1.21. The molecular weight excluding hydrogens is 230 g/mol. The molecule has 1 aliphatic carbocycles. The van der Waals surface area contributed by atoms with Gasteiger partial charge in [-0.3, -0.25) is 4.90 Å². The highest BCUT2D eigenvalue weighted by Crippen LogP contribution is 2.50. The lowest BCUT2D eigenvalue weighted by Crippen LogP contribution is -2.54. The Balaban J connectivity index is 2.09. The van der Waals surface area contributed by atoms with Gasteiger partial charge in [0.1, 0.15) is 5.60 Å². The Labute approximate surface area is 109 Å². The number of hydrogen-bond donors (Lipinski definition) is 0.